The van der Waals surface area contributed by atoms with E-state index >= 15 is 0 Å². The zero-order valence-corrected chi connectivity index (χ0v) is 10.0. The van der Waals surface area contributed by atoms with Gasteiger partial charge >= 0.3 is 0 Å². The molecule has 4 nitrogen and oxygen atoms in total. The first kappa shape index (κ1) is 12.4. The monoisotopic (exact) mass is 245 g/mol. The Morgan fingerprint density at radius 2 is 2.11 bits per heavy atom. The predicted octanol–water partition coefficient (Wildman–Crippen LogP) is 2.96. The summed E-state index contributed by atoms with van der Waals surface area (Å²) in [5.74, 6) is 1.39. The van der Waals surface area contributed by atoms with Gasteiger partial charge in [-0.25, -0.2) is 4.98 Å². The van der Waals surface area contributed by atoms with Crippen LogP contribution in [0.3, 0.4) is 0 Å². The number of unbranched alkanes of at least 4 members (excludes halogenated alkanes) is 2. The third-order valence-corrected chi connectivity index (χ3v) is 2.69. The molecule has 0 aliphatic carbocycles. The summed E-state index contributed by atoms with van der Waals surface area (Å²) in [4.78, 5) is 14.3. The number of rotatable bonds is 6. The number of hydrogen-bond acceptors (Lipinski definition) is 4. The molecule has 18 heavy (non-hydrogen) atoms. The topological polar surface area (TPSA) is 63.3 Å². The molecule has 0 aliphatic heterocycles. The molecule has 4 heteroatoms. The molecule has 94 valence electrons. The largest absolute Gasteiger partial charge is 0.507 e. The molecule has 2 rings (SSSR count). The van der Waals surface area contributed by atoms with Gasteiger partial charge in [-0.15, -0.1) is 0 Å². The highest BCUT2D eigenvalue weighted by Gasteiger charge is 2.09. The van der Waals surface area contributed by atoms with Crippen LogP contribution in [-0.2, 0) is 11.2 Å². The fourth-order valence-corrected chi connectivity index (χ4v) is 1.74. The average molecular weight is 245 g/mol. The molecule has 1 aromatic heterocycles. The lowest BCUT2D eigenvalue weighted by Gasteiger charge is -1.99. The zero-order valence-electron chi connectivity index (χ0n) is 10.0. The van der Waals surface area contributed by atoms with Crippen molar-refractivity contribution < 1.29 is 14.3 Å². The second-order valence-electron chi connectivity index (χ2n) is 4.05. The Bertz CT molecular complexity index is 519. The number of phenolic OH excluding ortho intramolecular Hbond substituents is 1. The van der Waals surface area contributed by atoms with Gasteiger partial charge in [0.15, 0.2) is 11.7 Å². The molecule has 0 saturated carbocycles. The molecule has 0 atom stereocenters. The highest BCUT2D eigenvalue weighted by Crippen LogP contribution is 2.29. The first-order valence-corrected chi connectivity index (χ1v) is 5.98. The van der Waals surface area contributed by atoms with Gasteiger partial charge in [0.25, 0.3) is 0 Å². The van der Waals surface area contributed by atoms with Crippen LogP contribution in [0.4, 0.5) is 0 Å². The Kier molecular flexibility index (Phi) is 4.12. The van der Waals surface area contributed by atoms with Crippen LogP contribution < -0.4 is 0 Å². The Balaban J connectivity index is 2.02. The smallest absolute Gasteiger partial charge is 0.194 e. The molecule has 0 unspecified atom stereocenters. The van der Waals surface area contributed by atoms with Gasteiger partial charge in [0.1, 0.15) is 12.0 Å². The van der Waals surface area contributed by atoms with Crippen molar-refractivity contribution in [2.45, 2.75) is 25.7 Å². The summed E-state index contributed by atoms with van der Waals surface area (Å²) in [5.41, 5.74) is 0.643. The van der Waals surface area contributed by atoms with E-state index in [4.69, 9.17) is 4.42 Å². The minimum absolute atomic E-state index is 0.182. The van der Waals surface area contributed by atoms with Crippen LogP contribution in [-0.4, -0.2) is 16.4 Å². The van der Waals surface area contributed by atoms with E-state index in [9.17, 15) is 9.90 Å². The van der Waals surface area contributed by atoms with E-state index in [0.717, 1.165) is 19.1 Å². The molecule has 0 bridgehead atoms. The highest BCUT2D eigenvalue weighted by atomic mass is 16.4. The van der Waals surface area contributed by atoms with Crippen molar-refractivity contribution in [2.75, 3.05) is 0 Å². The number of oxazole rings is 1. The molecule has 0 amide bonds. The minimum atomic E-state index is 0.182. The number of carbonyl (C=O) groups excluding carboxylic acids is 1. The van der Waals surface area contributed by atoms with Crippen LogP contribution in [0.25, 0.3) is 11.3 Å². The summed E-state index contributed by atoms with van der Waals surface area (Å²) in [6.07, 6.45) is 5.54. The summed E-state index contributed by atoms with van der Waals surface area (Å²) in [5, 5.41) is 9.69. The third-order valence-electron chi connectivity index (χ3n) is 2.69. The van der Waals surface area contributed by atoms with Crippen molar-refractivity contribution in [2.24, 2.45) is 0 Å². The van der Waals surface area contributed by atoms with Gasteiger partial charge in [-0.3, -0.25) is 0 Å². The van der Waals surface area contributed by atoms with Crippen molar-refractivity contribution >= 4 is 6.29 Å². The number of aryl methyl sites for hydroxylation is 1. The van der Waals surface area contributed by atoms with Crippen molar-refractivity contribution in [3.63, 3.8) is 0 Å². The number of aromatic hydroxyl groups is 1. The van der Waals surface area contributed by atoms with Crippen LogP contribution in [0.2, 0.25) is 0 Å². The lowest BCUT2D eigenvalue weighted by Crippen LogP contribution is -1.85. The quantitative estimate of drug-likeness (QED) is 0.627. The van der Waals surface area contributed by atoms with E-state index in [1.54, 1.807) is 24.4 Å². The van der Waals surface area contributed by atoms with Crippen LogP contribution in [0, 0.1) is 0 Å². The van der Waals surface area contributed by atoms with Gasteiger partial charge in [-0.05, 0) is 25.0 Å². The van der Waals surface area contributed by atoms with Crippen molar-refractivity contribution in [3.8, 4) is 17.1 Å². The molecular weight excluding hydrogens is 230 g/mol. The second-order valence-corrected chi connectivity index (χ2v) is 4.05. The standard InChI is InChI=1S/C14H15NO3/c16-9-5-1-2-8-14-15-10-13(18-14)11-6-3-4-7-12(11)17/h3-4,6-7,9-10,17H,1-2,5,8H2. The van der Waals surface area contributed by atoms with E-state index in [-0.39, 0.29) is 5.75 Å². The number of aldehydes is 1. The van der Waals surface area contributed by atoms with Crippen LogP contribution in [0.15, 0.2) is 34.9 Å². The summed E-state index contributed by atoms with van der Waals surface area (Å²) >= 11 is 0. The number of para-hydroxylation sites is 1. The normalized spacial score (nSPS) is 10.4. The van der Waals surface area contributed by atoms with Crippen LogP contribution in [0.5, 0.6) is 5.75 Å². The molecular formula is C14H15NO3. The first-order chi connectivity index (χ1) is 8.81. The molecule has 1 aromatic carbocycles. The van der Waals surface area contributed by atoms with Crippen LogP contribution in [0.1, 0.15) is 25.2 Å². The first-order valence-electron chi connectivity index (χ1n) is 5.98. The summed E-state index contributed by atoms with van der Waals surface area (Å²) in [7, 11) is 0. The Hall–Kier alpha value is -2.10. The van der Waals surface area contributed by atoms with Gasteiger partial charge in [0.2, 0.25) is 0 Å². The third kappa shape index (κ3) is 2.97. The Morgan fingerprint density at radius 3 is 2.89 bits per heavy atom. The molecule has 1 N–H and O–H groups in total. The van der Waals surface area contributed by atoms with E-state index in [0.29, 0.717) is 30.1 Å². The number of benzene rings is 1. The van der Waals surface area contributed by atoms with Gasteiger partial charge < -0.3 is 14.3 Å². The molecule has 0 radical (unpaired) electrons. The number of nitrogens with zero attached hydrogens (tertiary/aromatic N) is 1. The van der Waals surface area contributed by atoms with E-state index in [1.165, 1.54) is 0 Å². The van der Waals surface area contributed by atoms with Crippen LogP contribution >= 0.6 is 0 Å². The van der Waals surface area contributed by atoms with E-state index in [1.807, 2.05) is 6.07 Å². The van der Waals surface area contributed by atoms with Gasteiger partial charge in [0, 0.05) is 12.8 Å². The zero-order chi connectivity index (χ0) is 12.8. The molecule has 0 saturated heterocycles. The van der Waals surface area contributed by atoms with Gasteiger partial charge in [-0.1, -0.05) is 12.1 Å². The lowest BCUT2D eigenvalue weighted by atomic mass is 10.2. The number of carbonyl (C=O) groups is 1. The fourth-order valence-electron chi connectivity index (χ4n) is 1.74. The molecule has 0 aliphatic rings. The molecule has 0 fully saturated rings. The summed E-state index contributed by atoms with van der Waals surface area (Å²) < 4.78 is 5.57. The summed E-state index contributed by atoms with van der Waals surface area (Å²) in [6, 6.07) is 6.99. The lowest BCUT2D eigenvalue weighted by molar-refractivity contribution is -0.107. The maximum atomic E-state index is 10.2. The Labute approximate surface area is 105 Å². The molecule has 0 spiro atoms. The second kappa shape index (κ2) is 6.00. The summed E-state index contributed by atoms with van der Waals surface area (Å²) in [6.45, 7) is 0. The average Bonchev–Trinajstić information content (AvgIpc) is 2.84. The van der Waals surface area contributed by atoms with Gasteiger partial charge in [0.05, 0.1) is 11.8 Å². The van der Waals surface area contributed by atoms with Crippen molar-refractivity contribution in [3.05, 3.63) is 36.4 Å². The van der Waals surface area contributed by atoms with Crippen molar-refractivity contribution in [1.82, 2.24) is 4.98 Å². The maximum absolute atomic E-state index is 10.2. The minimum Gasteiger partial charge on any atom is -0.507 e. The molecule has 1 heterocycles. The van der Waals surface area contributed by atoms with E-state index in [2.05, 4.69) is 4.98 Å². The molecule has 2 aromatic rings. The van der Waals surface area contributed by atoms with Crippen molar-refractivity contribution in [1.29, 1.82) is 0 Å². The Morgan fingerprint density at radius 1 is 1.28 bits per heavy atom. The number of hydrogen-bond donors (Lipinski definition) is 1. The predicted molar refractivity (Wildman–Crippen MR) is 67.2 cm³/mol. The SMILES string of the molecule is O=CCCCCc1ncc(-c2ccccc2O)o1. The maximum Gasteiger partial charge on any atom is 0.194 e. The number of aromatic nitrogens is 1. The van der Waals surface area contributed by atoms with Gasteiger partial charge in [-0.2, -0.15) is 0 Å². The number of phenols is 1. The fraction of sp³-hybridized carbons (Fsp3) is 0.286. The highest BCUT2D eigenvalue weighted by molar-refractivity contribution is 5.64. The van der Waals surface area contributed by atoms with E-state index < -0.39 is 0 Å².